The van der Waals surface area contributed by atoms with Crippen LogP contribution in [0.15, 0.2) is 0 Å². The number of Topliss-reactive ketones (excluding diaryl/α,β-unsaturated/α-hetero) is 1. The second kappa shape index (κ2) is 8.25. The molecule has 0 aromatic rings. The molecule has 0 aromatic heterocycles. The molecule has 0 unspecified atom stereocenters. The van der Waals surface area contributed by atoms with E-state index in [0.717, 1.165) is 25.7 Å². The Bertz CT molecular complexity index is 275. The van der Waals surface area contributed by atoms with Gasteiger partial charge in [0.15, 0.2) is 5.78 Å². The van der Waals surface area contributed by atoms with Crippen LogP contribution in [0.3, 0.4) is 0 Å². The van der Waals surface area contributed by atoms with Crippen LogP contribution in [0.4, 0.5) is 0 Å². The van der Waals surface area contributed by atoms with Gasteiger partial charge in [-0.3, -0.25) is 9.59 Å². The molecule has 0 aromatic carbocycles. The van der Waals surface area contributed by atoms with Crippen LogP contribution in [0.2, 0.25) is 0 Å². The van der Waals surface area contributed by atoms with E-state index in [0.29, 0.717) is 13.0 Å². The van der Waals surface area contributed by atoms with Gasteiger partial charge in [-0.25, -0.2) is 0 Å². The number of amides is 1. The maximum atomic E-state index is 12.4. The third-order valence-corrected chi connectivity index (χ3v) is 3.18. The minimum atomic E-state index is -0.370. The number of unbranched alkanes of at least 4 members (excludes halogenated alkanes) is 1. The topological polar surface area (TPSA) is 72.2 Å². The lowest BCUT2D eigenvalue weighted by Crippen LogP contribution is -2.45. The molecular formula is C14H28N2O2. The fraction of sp³-hybridized carbons (Fsp3) is 0.857. The Morgan fingerprint density at radius 3 is 2.33 bits per heavy atom. The van der Waals surface area contributed by atoms with Crippen molar-refractivity contribution in [2.75, 3.05) is 6.54 Å². The van der Waals surface area contributed by atoms with Crippen molar-refractivity contribution in [2.45, 2.75) is 65.8 Å². The fourth-order valence-corrected chi connectivity index (χ4v) is 2.23. The van der Waals surface area contributed by atoms with E-state index in [4.69, 9.17) is 5.73 Å². The molecular weight excluding hydrogens is 228 g/mol. The summed E-state index contributed by atoms with van der Waals surface area (Å²) in [5.41, 5.74) is 5.08. The Morgan fingerprint density at radius 2 is 1.89 bits per heavy atom. The zero-order valence-corrected chi connectivity index (χ0v) is 12.2. The molecule has 1 atom stereocenters. The van der Waals surface area contributed by atoms with Gasteiger partial charge in [0.1, 0.15) is 0 Å². The van der Waals surface area contributed by atoms with Gasteiger partial charge >= 0.3 is 0 Å². The van der Waals surface area contributed by atoms with Crippen molar-refractivity contribution >= 4 is 11.7 Å². The van der Waals surface area contributed by atoms with Crippen LogP contribution in [-0.4, -0.2) is 24.3 Å². The Morgan fingerprint density at radius 1 is 1.28 bits per heavy atom. The summed E-state index contributed by atoms with van der Waals surface area (Å²) >= 11 is 0. The van der Waals surface area contributed by atoms with Crippen molar-refractivity contribution < 1.29 is 9.59 Å². The molecule has 106 valence electrons. The molecule has 0 aliphatic heterocycles. The first kappa shape index (κ1) is 17.1. The standard InChI is InChI=1S/C14H28N2O2/c1-5-9-14(3,4)13(18)12(16-11(2)17)8-6-7-10-15/h12H,5-10,15H2,1-4H3,(H,16,17)/t12-/m0/s1. The highest BCUT2D eigenvalue weighted by atomic mass is 16.2. The van der Waals surface area contributed by atoms with Gasteiger partial charge in [-0.1, -0.05) is 27.2 Å². The number of hydrogen-bond donors (Lipinski definition) is 2. The molecule has 0 fully saturated rings. The Kier molecular flexibility index (Phi) is 7.83. The highest BCUT2D eigenvalue weighted by Crippen LogP contribution is 2.26. The van der Waals surface area contributed by atoms with E-state index in [1.54, 1.807) is 0 Å². The normalized spacial score (nSPS) is 13.2. The average Bonchev–Trinajstić information content (AvgIpc) is 2.26. The number of nitrogens with two attached hydrogens (primary N) is 1. The molecule has 0 saturated heterocycles. The van der Waals surface area contributed by atoms with Crippen molar-refractivity contribution in [3.8, 4) is 0 Å². The van der Waals surface area contributed by atoms with E-state index in [1.807, 2.05) is 13.8 Å². The molecule has 0 radical (unpaired) electrons. The second-order valence-corrected chi connectivity index (χ2v) is 5.54. The van der Waals surface area contributed by atoms with Gasteiger partial charge in [-0.05, 0) is 32.2 Å². The minimum absolute atomic E-state index is 0.136. The SMILES string of the molecule is CCCC(C)(C)C(=O)[C@H](CCCCN)NC(C)=O. The monoisotopic (exact) mass is 256 g/mol. The van der Waals surface area contributed by atoms with Crippen LogP contribution < -0.4 is 11.1 Å². The van der Waals surface area contributed by atoms with Crippen LogP contribution in [0.1, 0.15) is 59.8 Å². The molecule has 0 rings (SSSR count). The van der Waals surface area contributed by atoms with Crippen molar-refractivity contribution in [1.82, 2.24) is 5.32 Å². The van der Waals surface area contributed by atoms with Gasteiger partial charge in [0, 0.05) is 12.3 Å². The van der Waals surface area contributed by atoms with E-state index < -0.39 is 0 Å². The summed E-state index contributed by atoms with van der Waals surface area (Å²) in [5, 5.41) is 2.77. The van der Waals surface area contributed by atoms with E-state index in [9.17, 15) is 9.59 Å². The largest absolute Gasteiger partial charge is 0.347 e. The Hall–Kier alpha value is -0.900. The molecule has 3 N–H and O–H groups in total. The Balaban J connectivity index is 4.61. The lowest BCUT2D eigenvalue weighted by molar-refractivity contribution is -0.133. The van der Waals surface area contributed by atoms with Crippen LogP contribution in [0.5, 0.6) is 0 Å². The first-order valence-corrected chi connectivity index (χ1v) is 6.86. The minimum Gasteiger partial charge on any atom is -0.347 e. The van der Waals surface area contributed by atoms with Crippen molar-refractivity contribution in [3.05, 3.63) is 0 Å². The van der Waals surface area contributed by atoms with Crippen LogP contribution in [0.25, 0.3) is 0 Å². The number of nitrogens with one attached hydrogen (secondary N) is 1. The lowest BCUT2D eigenvalue weighted by atomic mass is 9.79. The molecule has 4 heteroatoms. The average molecular weight is 256 g/mol. The highest BCUT2D eigenvalue weighted by molar-refractivity contribution is 5.92. The molecule has 0 aliphatic rings. The third-order valence-electron chi connectivity index (χ3n) is 3.18. The Labute approximate surface area is 111 Å². The fourth-order valence-electron chi connectivity index (χ4n) is 2.23. The van der Waals surface area contributed by atoms with Gasteiger partial charge in [0.25, 0.3) is 0 Å². The van der Waals surface area contributed by atoms with Crippen molar-refractivity contribution in [1.29, 1.82) is 0 Å². The summed E-state index contributed by atoms with van der Waals surface area (Å²) in [7, 11) is 0. The maximum absolute atomic E-state index is 12.4. The van der Waals surface area contributed by atoms with Crippen molar-refractivity contribution in [2.24, 2.45) is 11.1 Å². The molecule has 1 amide bonds. The molecule has 18 heavy (non-hydrogen) atoms. The predicted molar refractivity (Wildman–Crippen MR) is 74.2 cm³/mol. The smallest absolute Gasteiger partial charge is 0.217 e. The van der Waals surface area contributed by atoms with E-state index in [1.165, 1.54) is 6.92 Å². The van der Waals surface area contributed by atoms with Gasteiger partial charge in [0.05, 0.1) is 6.04 Å². The summed E-state index contributed by atoms with van der Waals surface area (Å²) in [6.45, 7) is 8.05. The molecule has 0 heterocycles. The van der Waals surface area contributed by atoms with E-state index in [-0.39, 0.29) is 23.1 Å². The molecule has 0 saturated carbocycles. The molecule has 0 bridgehead atoms. The highest BCUT2D eigenvalue weighted by Gasteiger charge is 2.32. The van der Waals surface area contributed by atoms with E-state index in [2.05, 4.69) is 12.2 Å². The summed E-state index contributed by atoms with van der Waals surface area (Å²) < 4.78 is 0. The van der Waals surface area contributed by atoms with Crippen molar-refractivity contribution in [3.63, 3.8) is 0 Å². The summed E-state index contributed by atoms with van der Waals surface area (Å²) in [6, 6.07) is -0.365. The number of carbonyl (C=O) groups is 2. The summed E-state index contributed by atoms with van der Waals surface area (Å²) in [6.07, 6.45) is 4.25. The molecule has 4 nitrogen and oxygen atoms in total. The lowest BCUT2D eigenvalue weighted by Gasteiger charge is -2.28. The zero-order chi connectivity index (χ0) is 14.2. The zero-order valence-electron chi connectivity index (χ0n) is 12.2. The number of hydrogen-bond acceptors (Lipinski definition) is 3. The quantitative estimate of drug-likeness (QED) is 0.620. The molecule has 0 aliphatic carbocycles. The van der Waals surface area contributed by atoms with Gasteiger partial charge in [0.2, 0.25) is 5.91 Å². The van der Waals surface area contributed by atoms with Gasteiger partial charge < -0.3 is 11.1 Å². The maximum Gasteiger partial charge on any atom is 0.217 e. The van der Waals surface area contributed by atoms with Gasteiger partial charge in [-0.2, -0.15) is 0 Å². The predicted octanol–water partition coefficient (Wildman–Crippen LogP) is 2.02. The summed E-state index contributed by atoms with van der Waals surface area (Å²) in [5.74, 6) is -0.00929. The first-order valence-electron chi connectivity index (χ1n) is 6.86. The first-order chi connectivity index (χ1) is 8.35. The van der Waals surface area contributed by atoms with Gasteiger partial charge in [-0.15, -0.1) is 0 Å². The van der Waals surface area contributed by atoms with E-state index >= 15 is 0 Å². The summed E-state index contributed by atoms with van der Waals surface area (Å²) in [4.78, 5) is 23.6. The number of ketones is 1. The van der Waals surface area contributed by atoms with Crippen LogP contribution in [-0.2, 0) is 9.59 Å². The second-order valence-electron chi connectivity index (χ2n) is 5.54. The molecule has 0 spiro atoms. The number of carbonyl (C=O) groups excluding carboxylic acids is 2. The third kappa shape index (κ3) is 6.15. The van der Waals surface area contributed by atoms with Crippen LogP contribution in [0, 0.1) is 5.41 Å². The van der Waals surface area contributed by atoms with Crippen LogP contribution >= 0.6 is 0 Å². The number of rotatable bonds is 9.